The number of hydrogen-bond donors (Lipinski definition) is 2. The van der Waals surface area contributed by atoms with E-state index < -0.39 is 12.1 Å². The summed E-state index contributed by atoms with van der Waals surface area (Å²) in [5.41, 5.74) is 0.0843. The molecule has 0 aliphatic carbocycles. The van der Waals surface area contributed by atoms with E-state index in [1.54, 1.807) is 0 Å². The van der Waals surface area contributed by atoms with Crippen LogP contribution in [0.5, 0.6) is 0 Å². The van der Waals surface area contributed by atoms with Crippen LogP contribution in [0.4, 0.5) is 5.69 Å². The number of anilines is 1. The van der Waals surface area contributed by atoms with Gasteiger partial charge in [-0.25, -0.2) is 4.79 Å². The number of hydrogen-bond acceptors (Lipinski definition) is 3. The maximum absolute atomic E-state index is 11.9. The molecule has 1 atom stereocenters. The zero-order valence-electron chi connectivity index (χ0n) is 9.48. The first-order valence-corrected chi connectivity index (χ1v) is 5.91. The van der Waals surface area contributed by atoms with E-state index in [1.807, 2.05) is 0 Å². The van der Waals surface area contributed by atoms with Crippen LogP contribution < -0.4 is 5.32 Å². The summed E-state index contributed by atoms with van der Waals surface area (Å²) in [7, 11) is 0. The molecule has 1 saturated heterocycles. The molecule has 6 heteroatoms. The molecule has 1 aliphatic rings. The molecule has 1 aromatic carbocycles. The van der Waals surface area contributed by atoms with Crippen molar-refractivity contribution < 1.29 is 19.4 Å². The quantitative estimate of drug-likeness (QED) is 0.882. The van der Waals surface area contributed by atoms with Crippen molar-refractivity contribution in [2.24, 2.45) is 0 Å². The molecular weight excluding hydrogens is 258 g/mol. The summed E-state index contributed by atoms with van der Waals surface area (Å²) < 4.78 is 5.22. The molecule has 2 rings (SSSR count). The van der Waals surface area contributed by atoms with E-state index in [2.05, 4.69) is 5.32 Å². The molecule has 0 aromatic heterocycles. The Balaban J connectivity index is 2.22. The summed E-state index contributed by atoms with van der Waals surface area (Å²) in [5, 5.41) is 11.7. The number of amides is 1. The molecule has 96 valence electrons. The SMILES string of the molecule is O=C(O)c1cccc(Cl)c1NC(=O)C1CCCO1. The Morgan fingerprint density at radius 2 is 2.22 bits per heavy atom. The van der Waals surface area contributed by atoms with Crippen LogP contribution >= 0.6 is 11.6 Å². The molecule has 0 bridgehead atoms. The van der Waals surface area contributed by atoms with Crippen molar-refractivity contribution in [1.29, 1.82) is 0 Å². The van der Waals surface area contributed by atoms with Gasteiger partial charge in [0.25, 0.3) is 5.91 Å². The van der Waals surface area contributed by atoms with Gasteiger partial charge in [0.2, 0.25) is 0 Å². The summed E-state index contributed by atoms with van der Waals surface area (Å²) in [5.74, 6) is -1.50. The Kier molecular flexibility index (Phi) is 3.84. The van der Waals surface area contributed by atoms with Gasteiger partial charge in [0.05, 0.1) is 16.3 Å². The van der Waals surface area contributed by atoms with Gasteiger partial charge in [-0.3, -0.25) is 4.79 Å². The number of carbonyl (C=O) groups is 2. The van der Waals surface area contributed by atoms with Gasteiger partial charge < -0.3 is 15.2 Å². The van der Waals surface area contributed by atoms with E-state index in [1.165, 1.54) is 18.2 Å². The van der Waals surface area contributed by atoms with Crippen molar-refractivity contribution in [2.45, 2.75) is 18.9 Å². The summed E-state index contributed by atoms with van der Waals surface area (Å²) in [6, 6.07) is 4.44. The number of ether oxygens (including phenoxy) is 1. The van der Waals surface area contributed by atoms with E-state index in [9.17, 15) is 9.59 Å². The molecule has 0 radical (unpaired) electrons. The fourth-order valence-electron chi connectivity index (χ4n) is 1.82. The average Bonchev–Trinajstić information content (AvgIpc) is 2.85. The molecule has 1 aliphatic heterocycles. The van der Waals surface area contributed by atoms with Gasteiger partial charge in [-0.05, 0) is 25.0 Å². The van der Waals surface area contributed by atoms with Gasteiger partial charge in [-0.2, -0.15) is 0 Å². The number of nitrogens with one attached hydrogen (secondary N) is 1. The minimum absolute atomic E-state index is 0.0335. The summed E-state index contributed by atoms with van der Waals surface area (Å²) >= 11 is 5.91. The standard InChI is InChI=1S/C12H12ClNO4/c13-8-4-1-3-7(12(16)17)10(8)14-11(15)9-5-2-6-18-9/h1,3-4,9H,2,5-6H2,(H,14,15)(H,16,17). The Morgan fingerprint density at radius 1 is 1.44 bits per heavy atom. The zero-order valence-corrected chi connectivity index (χ0v) is 10.2. The first-order valence-electron chi connectivity index (χ1n) is 5.54. The number of halogens is 1. The van der Waals surface area contributed by atoms with Crippen molar-refractivity contribution in [3.63, 3.8) is 0 Å². The zero-order chi connectivity index (χ0) is 13.1. The molecule has 5 nitrogen and oxygen atoms in total. The van der Waals surface area contributed by atoms with Crippen LogP contribution in [-0.2, 0) is 9.53 Å². The van der Waals surface area contributed by atoms with Crippen molar-refractivity contribution in [3.05, 3.63) is 28.8 Å². The van der Waals surface area contributed by atoms with E-state index in [0.29, 0.717) is 13.0 Å². The minimum atomic E-state index is -1.14. The van der Waals surface area contributed by atoms with E-state index in [4.69, 9.17) is 21.4 Å². The minimum Gasteiger partial charge on any atom is -0.478 e. The number of para-hydroxylation sites is 1. The fraction of sp³-hybridized carbons (Fsp3) is 0.333. The molecule has 2 N–H and O–H groups in total. The lowest BCUT2D eigenvalue weighted by Crippen LogP contribution is -2.27. The van der Waals surface area contributed by atoms with Gasteiger partial charge >= 0.3 is 5.97 Å². The van der Waals surface area contributed by atoms with Crippen LogP contribution in [0.2, 0.25) is 5.02 Å². The molecule has 1 unspecified atom stereocenters. The summed E-state index contributed by atoms with van der Waals surface area (Å²) in [6.07, 6.45) is 0.938. The Labute approximate surface area is 109 Å². The van der Waals surface area contributed by atoms with Crippen LogP contribution in [0.1, 0.15) is 23.2 Å². The van der Waals surface area contributed by atoms with Crippen LogP contribution in [0, 0.1) is 0 Å². The summed E-state index contributed by atoms with van der Waals surface area (Å²) in [4.78, 5) is 22.9. The number of carboxylic acid groups (broad SMARTS) is 1. The third kappa shape index (κ3) is 2.63. The van der Waals surface area contributed by atoms with Crippen molar-refractivity contribution >= 4 is 29.2 Å². The predicted octanol–water partition coefficient (Wildman–Crippen LogP) is 2.16. The van der Waals surface area contributed by atoms with Gasteiger partial charge in [0.1, 0.15) is 6.10 Å². The second kappa shape index (κ2) is 5.37. The molecular formula is C12H12ClNO4. The Morgan fingerprint density at radius 3 is 2.83 bits per heavy atom. The molecule has 1 aromatic rings. The van der Waals surface area contributed by atoms with Gasteiger partial charge in [-0.1, -0.05) is 17.7 Å². The average molecular weight is 270 g/mol. The van der Waals surface area contributed by atoms with E-state index in [0.717, 1.165) is 6.42 Å². The largest absolute Gasteiger partial charge is 0.478 e. The number of carboxylic acids is 1. The molecule has 0 spiro atoms. The maximum atomic E-state index is 11.9. The smallest absolute Gasteiger partial charge is 0.337 e. The number of carbonyl (C=O) groups excluding carboxylic acids is 1. The highest BCUT2D eigenvalue weighted by molar-refractivity contribution is 6.34. The highest BCUT2D eigenvalue weighted by Gasteiger charge is 2.25. The van der Waals surface area contributed by atoms with Crippen LogP contribution in [0.25, 0.3) is 0 Å². The van der Waals surface area contributed by atoms with Crippen LogP contribution in [0.15, 0.2) is 18.2 Å². The molecule has 18 heavy (non-hydrogen) atoms. The maximum Gasteiger partial charge on any atom is 0.337 e. The van der Waals surface area contributed by atoms with Gasteiger partial charge in [-0.15, -0.1) is 0 Å². The molecule has 1 heterocycles. The lowest BCUT2D eigenvalue weighted by atomic mass is 10.1. The number of rotatable bonds is 3. The van der Waals surface area contributed by atoms with E-state index >= 15 is 0 Å². The monoisotopic (exact) mass is 269 g/mol. The Hall–Kier alpha value is -1.59. The normalized spacial score (nSPS) is 18.6. The first kappa shape index (κ1) is 12.9. The number of benzene rings is 1. The topological polar surface area (TPSA) is 75.6 Å². The van der Waals surface area contributed by atoms with Crippen molar-refractivity contribution in [2.75, 3.05) is 11.9 Å². The third-order valence-electron chi connectivity index (χ3n) is 2.71. The molecule has 1 fully saturated rings. The van der Waals surface area contributed by atoms with Crippen molar-refractivity contribution in [1.82, 2.24) is 0 Å². The highest BCUT2D eigenvalue weighted by Crippen LogP contribution is 2.27. The molecule has 0 saturated carbocycles. The summed E-state index contributed by atoms with van der Waals surface area (Å²) in [6.45, 7) is 0.548. The van der Waals surface area contributed by atoms with Crippen LogP contribution in [0.3, 0.4) is 0 Å². The second-order valence-corrected chi connectivity index (χ2v) is 4.37. The lowest BCUT2D eigenvalue weighted by molar-refractivity contribution is -0.124. The van der Waals surface area contributed by atoms with Crippen LogP contribution in [-0.4, -0.2) is 29.7 Å². The lowest BCUT2D eigenvalue weighted by Gasteiger charge is -2.13. The fourth-order valence-corrected chi connectivity index (χ4v) is 2.04. The predicted molar refractivity (Wildman–Crippen MR) is 66.0 cm³/mol. The van der Waals surface area contributed by atoms with Gasteiger partial charge in [0, 0.05) is 6.61 Å². The first-order chi connectivity index (χ1) is 8.59. The van der Waals surface area contributed by atoms with Gasteiger partial charge in [0.15, 0.2) is 0 Å². The third-order valence-corrected chi connectivity index (χ3v) is 3.03. The van der Waals surface area contributed by atoms with E-state index in [-0.39, 0.29) is 22.2 Å². The van der Waals surface area contributed by atoms with Crippen molar-refractivity contribution in [3.8, 4) is 0 Å². The number of aromatic carboxylic acids is 1. The molecule has 1 amide bonds. The second-order valence-electron chi connectivity index (χ2n) is 3.96. The highest BCUT2D eigenvalue weighted by atomic mass is 35.5. The Bertz CT molecular complexity index is 483.